The third-order valence-corrected chi connectivity index (χ3v) is 5.28. The number of para-hydroxylation sites is 1. The van der Waals surface area contributed by atoms with Gasteiger partial charge < -0.3 is 16.0 Å². The SMILES string of the molecule is CNc1nc(C2CCCN2)nc2c1CN(CC(=O)Nc1ccccc1F)CC2. The summed E-state index contributed by atoms with van der Waals surface area (Å²) in [7, 11) is 1.86. The van der Waals surface area contributed by atoms with Crippen LogP contribution in [-0.4, -0.2) is 47.5 Å². The summed E-state index contributed by atoms with van der Waals surface area (Å²) in [5.41, 5.74) is 2.29. The molecule has 4 rings (SSSR count). The van der Waals surface area contributed by atoms with Crippen molar-refractivity contribution in [2.75, 3.05) is 37.3 Å². The van der Waals surface area contributed by atoms with Crippen molar-refractivity contribution in [1.82, 2.24) is 20.2 Å². The minimum atomic E-state index is -0.432. The van der Waals surface area contributed by atoms with Crippen LogP contribution in [0, 0.1) is 5.82 Å². The highest BCUT2D eigenvalue weighted by molar-refractivity contribution is 5.92. The Labute approximate surface area is 163 Å². The van der Waals surface area contributed by atoms with Gasteiger partial charge in [0.1, 0.15) is 17.5 Å². The monoisotopic (exact) mass is 384 g/mol. The Hall–Kier alpha value is -2.58. The molecule has 1 aromatic carbocycles. The molecule has 7 nitrogen and oxygen atoms in total. The van der Waals surface area contributed by atoms with Crippen LogP contribution in [0.15, 0.2) is 24.3 Å². The molecule has 1 saturated heterocycles. The Morgan fingerprint density at radius 3 is 2.96 bits per heavy atom. The first kappa shape index (κ1) is 18.8. The molecule has 0 spiro atoms. The number of hydrogen-bond donors (Lipinski definition) is 3. The summed E-state index contributed by atoms with van der Waals surface area (Å²) in [5, 5.41) is 9.28. The molecule has 0 bridgehead atoms. The van der Waals surface area contributed by atoms with Crippen LogP contribution in [0.3, 0.4) is 0 Å². The number of benzene rings is 1. The van der Waals surface area contributed by atoms with E-state index in [9.17, 15) is 9.18 Å². The van der Waals surface area contributed by atoms with Crippen molar-refractivity contribution in [1.29, 1.82) is 0 Å². The van der Waals surface area contributed by atoms with Crippen LogP contribution in [0.4, 0.5) is 15.9 Å². The van der Waals surface area contributed by atoms with E-state index < -0.39 is 5.82 Å². The zero-order valence-electron chi connectivity index (χ0n) is 16.0. The molecule has 0 saturated carbocycles. The van der Waals surface area contributed by atoms with Crippen LogP contribution >= 0.6 is 0 Å². The van der Waals surface area contributed by atoms with Gasteiger partial charge in [0.25, 0.3) is 0 Å². The Kier molecular flexibility index (Phi) is 5.50. The lowest BCUT2D eigenvalue weighted by atomic mass is 10.0. The number of rotatable bonds is 5. The standard InChI is InChI=1S/C20H25FN6O/c1-22-19-13-11-27(12-18(28)24-16-6-3-2-5-14(16)21)10-8-15(13)25-20(26-19)17-7-4-9-23-17/h2-3,5-6,17,23H,4,7-12H2,1H3,(H,24,28)(H,22,25,26). The van der Waals surface area contributed by atoms with E-state index in [1.165, 1.54) is 6.07 Å². The van der Waals surface area contributed by atoms with Crippen LogP contribution in [0.5, 0.6) is 0 Å². The number of nitrogens with one attached hydrogen (secondary N) is 3. The van der Waals surface area contributed by atoms with E-state index in [0.29, 0.717) is 6.54 Å². The summed E-state index contributed by atoms with van der Waals surface area (Å²) in [4.78, 5) is 23.9. The van der Waals surface area contributed by atoms with Crippen LogP contribution in [0.25, 0.3) is 0 Å². The molecule has 1 amide bonds. The fourth-order valence-electron chi connectivity index (χ4n) is 3.85. The van der Waals surface area contributed by atoms with Crippen molar-refractivity contribution in [3.05, 3.63) is 47.2 Å². The molecule has 3 N–H and O–H groups in total. The maximum atomic E-state index is 13.7. The van der Waals surface area contributed by atoms with Crippen LogP contribution in [-0.2, 0) is 17.8 Å². The number of hydrogen-bond acceptors (Lipinski definition) is 6. The molecular weight excluding hydrogens is 359 g/mol. The minimum absolute atomic E-state index is 0.197. The smallest absolute Gasteiger partial charge is 0.238 e. The predicted molar refractivity (Wildman–Crippen MR) is 106 cm³/mol. The highest BCUT2D eigenvalue weighted by Gasteiger charge is 2.26. The third kappa shape index (κ3) is 3.98. The number of anilines is 2. The van der Waals surface area contributed by atoms with Gasteiger partial charge in [-0.1, -0.05) is 12.1 Å². The molecule has 2 aliphatic heterocycles. The van der Waals surface area contributed by atoms with Gasteiger partial charge in [-0.3, -0.25) is 9.69 Å². The first-order chi connectivity index (χ1) is 13.6. The van der Waals surface area contributed by atoms with Crippen LogP contribution < -0.4 is 16.0 Å². The molecule has 28 heavy (non-hydrogen) atoms. The van der Waals surface area contributed by atoms with Gasteiger partial charge in [0.2, 0.25) is 5.91 Å². The van der Waals surface area contributed by atoms with Gasteiger partial charge >= 0.3 is 0 Å². The maximum absolute atomic E-state index is 13.7. The van der Waals surface area contributed by atoms with Gasteiger partial charge in [0.15, 0.2) is 0 Å². The van der Waals surface area contributed by atoms with Crippen LogP contribution in [0.2, 0.25) is 0 Å². The zero-order chi connectivity index (χ0) is 19.5. The van der Waals surface area contributed by atoms with Gasteiger partial charge in [-0.2, -0.15) is 0 Å². The first-order valence-electron chi connectivity index (χ1n) is 9.71. The van der Waals surface area contributed by atoms with E-state index in [1.807, 2.05) is 11.9 Å². The number of fused-ring (bicyclic) bond motifs is 1. The van der Waals surface area contributed by atoms with E-state index in [-0.39, 0.29) is 24.2 Å². The van der Waals surface area contributed by atoms with Crippen molar-refractivity contribution in [2.24, 2.45) is 0 Å². The lowest BCUT2D eigenvalue weighted by Crippen LogP contribution is -2.38. The second-order valence-electron chi connectivity index (χ2n) is 7.24. The van der Waals surface area contributed by atoms with E-state index in [2.05, 4.69) is 16.0 Å². The number of amides is 1. The molecule has 2 aromatic rings. The summed E-state index contributed by atoms with van der Waals surface area (Å²) in [6.45, 7) is 2.53. The average molecular weight is 384 g/mol. The third-order valence-electron chi connectivity index (χ3n) is 5.28. The van der Waals surface area contributed by atoms with Gasteiger partial charge in [0, 0.05) is 32.1 Å². The molecule has 1 fully saturated rings. The first-order valence-corrected chi connectivity index (χ1v) is 9.71. The predicted octanol–water partition coefficient (Wildman–Crippen LogP) is 2.08. The van der Waals surface area contributed by atoms with Crippen molar-refractivity contribution in [3.63, 3.8) is 0 Å². The molecular formula is C20H25FN6O. The average Bonchev–Trinajstić information content (AvgIpc) is 3.24. The van der Waals surface area contributed by atoms with E-state index in [4.69, 9.17) is 9.97 Å². The lowest BCUT2D eigenvalue weighted by molar-refractivity contribution is -0.117. The highest BCUT2D eigenvalue weighted by Crippen LogP contribution is 2.28. The highest BCUT2D eigenvalue weighted by atomic mass is 19.1. The van der Waals surface area contributed by atoms with Gasteiger partial charge in [0.05, 0.1) is 24.0 Å². The second kappa shape index (κ2) is 8.20. The molecule has 1 aromatic heterocycles. The van der Waals surface area contributed by atoms with E-state index in [0.717, 1.165) is 55.3 Å². The van der Waals surface area contributed by atoms with E-state index >= 15 is 0 Å². The quantitative estimate of drug-likeness (QED) is 0.732. The van der Waals surface area contributed by atoms with Crippen molar-refractivity contribution < 1.29 is 9.18 Å². The largest absolute Gasteiger partial charge is 0.373 e. The fourth-order valence-corrected chi connectivity index (χ4v) is 3.85. The summed E-state index contributed by atoms with van der Waals surface area (Å²) < 4.78 is 13.7. The fraction of sp³-hybridized carbons (Fsp3) is 0.450. The van der Waals surface area contributed by atoms with Crippen molar-refractivity contribution >= 4 is 17.4 Å². The lowest BCUT2D eigenvalue weighted by Gasteiger charge is -2.29. The molecule has 8 heteroatoms. The number of halogens is 1. The maximum Gasteiger partial charge on any atom is 0.238 e. The number of carbonyl (C=O) groups is 1. The molecule has 3 heterocycles. The number of carbonyl (C=O) groups excluding carboxylic acids is 1. The van der Waals surface area contributed by atoms with Crippen molar-refractivity contribution in [2.45, 2.75) is 31.8 Å². The van der Waals surface area contributed by atoms with Gasteiger partial charge in [-0.05, 0) is 31.5 Å². The minimum Gasteiger partial charge on any atom is -0.373 e. The van der Waals surface area contributed by atoms with Crippen molar-refractivity contribution in [3.8, 4) is 0 Å². The van der Waals surface area contributed by atoms with E-state index in [1.54, 1.807) is 18.2 Å². The molecule has 1 unspecified atom stereocenters. The Morgan fingerprint density at radius 2 is 2.21 bits per heavy atom. The molecule has 0 aliphatic carbocycles. The Balaban J connectivity index is 1.45. The number of aromatic nitrogens is 2. The summed E-state index contributed by atoms with van der Waals surface area (Å²) in [6.07, 6.45) is 2.97. The summed E-state index contributed by atoms with van der Waals surface area (Å²) in [6, 6.07) is 6.41. The topological polar surface area (TPSA) is 82.2 Å². The molecule has 0 radical (unpaired) electrons. The summed E-state index contributed by atoms with van der Waals surface area (Å²) in [5.74, 6) is 1.02. The Bertz CT molecular complexity index is 851. The molecule has 2 aliphatic rings. The zero-order valence-corrected chi connectivity index (χ0v) is 16.0. The molecule has 148 valence electrons. The van der Waals surface area contributed by atoms with Crippen LogP contribution in [0.1, 0.15) is 36.0 Å². The van der Waals surface area contributed by atoms with Gasteiger partial charge in [-0.25, -0.2) is 14.4 Å². The normalized spacial score (nSPS) is 19.3. The Morgan fingerprint density at radius 1 is 1.36 bits per heavy atom. The summed E-state index contributed by atoms with van der Waals surface area (Å²) >= 11 is 0. The van der Waals surface area contributed by atoms with Gasteiger partial charge in [-0.15, -0.1) is 0 Å². The number of nitrogens with zero attached hydrogens (tertiary/aromatic N) is 3. The molecule has 1 atom stereocenters. The second-order valence-corrected chi connectivity index (χ2v) is 7.24.